The summed E-state index contributed by atoms with van der Waals surface area (Å²) in [5, 5.41) is 0. The summed E-state index contributed by atoms with van der Waals surface area (Å²) in [6.07, 6.45) is 0. The molecule has 0 saturated heterocycles. The number of hydrogen-bond acceptors (Lipinski definition) is 0. The van der Waals surface area contributed by atoms with Crippen LogP contribution in [0.15, 0.2) is 0 Å². The van der Waals surface area contributed by atoms with Crippen molar-refractivity contribution in [2.24, 2.45) is 0 Å². The van der Waals surface area contributed by atoms with Crippen LogP contribution in [0.3, 0.4) is 0 Å². The SMILES string of the molecule is Cl.Cl.[B].[Co]. The Morgan fingerprint density at radius 2 is 0.750 bits per heavy atom. The van der Waals surface area contributed by atoms with E-state index in [1.54, 1.807) is 0 Å². The van der Waals surface area contributed by atoms with Gasteiger partial charge in [0.1, 0.15) is 0 Å². The first-order valence-electron chi connectivity index (χ1n) is 0. The van der Waals surface area contributed by atoms with Gasteiger partial charge in [-0.15, -0.1) is 24.8 Å². The summed E-state index contributed by atoms with van der Waals surface area (Å²) >= 11 is 0. The Balaban J connectivity index is 0. The predicted molar refractivity (Wildman–Crippen MR) is 20.2 cm³/mol. The van der Waals surface area contributed by atoms with Crippen molar-refractivity contribution in [1.29, 1.82) is 0 Å². The van der Waals surface area contributed by atoms with E-state index in [0.29, 0.717) is 0 Å². The third-order valence-electron chi connectivity index (χ3n) is 0. The number of halogens is 2. The van der Waals surface area contributed by atoms with Crippen molar-refractivity contribution < 1.29 is 16.8 Å². The summed E-state index contributed by atoms with van der Waals surface area (Å²) in [5.74, 6) is 0. The summed E-state index contributed by atoms with van der Waals surface area (Å²) in [5.41, 5.74) is 0. The van der Waals surface area contributed by atoms with E-state index >= 15 is 0 Å². The molecule has 0 aromatic carbocycles. The predicted octanol–water partition coefficient (Wildman–Crippen LogP) is 0.460. The minimum atomic E-state index is 0. The Morgan fingerprint density at radius 1 is 0.750 bits per heavy atom. The molecule has 0 atom stereocenters. The van der Waals surface area contributed by atoms with Crippen molar-refractivity contribution in [3.8, 4) is 0 Å². The molecular formula is H2BCl2Co. The van der Waals surface area contributed by atoms with Gasteiger partial charge in [0, 0.05) is 25.2 Å². The molecule has 28 valence electrons. The van der Waals surface area contributed by atoms with Crippen LogP contribution in [0.4, 0.5) is 0 Å². The van der Waals surface area contributed by atoms with E-state index in [1.165, 1.54) is 0 Å². The monoisotopic (exact) mass is 142 g/mol. The molecule has 0 aromatic heterocycles. The molecule has 0 unspecified atom stereocenters. The van der Waals surface area contributed by atoms with Gasteiger partial charge in [0.05, 0.1) is 0 Å². The summed E-state index contributed by atoms with van der Waals surface area (Å²) in [6, 6.07) is 0. The molecule has 0 fully saturated rings. The second-order valence-electron chi connectivity index (χ2n) is 0. The molecule has 0 aliphatic heterocycles. The van der Waals surface area contributed by atoms with Crippen molar-refractivity contribution in [1.82, 2.24) is 0 Å². The number of rotatable bonds is 0. The van der Waals surface area contributed by atoms with Crippen LogP contribution in [-0.4, -0.2) is 8.41 Å². The van der Waals surface area contributed by atoms with E-state index in [2.05, 4.69) is 0 Å². The molecule has 0 aliphatic rings. The molecule has 0 saturated carbocycles. The van der Waals surface area contributed by atoms with Crippen molar-refractivity contribution in [3.05, 3.63) is 0 Å². The molecule has 0 rings (SSSR count). The van der Waals surface area contributed by atoms with Crippen LogP contribution >= 0.6 is 24.8 Å². The summed E-state index contributed by atoms with van der Waals surface area (Å²) in [4.78, 5) is 0. The minimum absolute atomic E-state index is 0. The average Bonchev–Trinajstić information content (AvgIpc) is 0. The van der Waals surface area contributed by atoms with Gasteiger partial charge in [-0.2, -0.15) is 0 Å². The van der Waals surface area contributed by atoms with Crippen molar-refractivity contribution in [2.45, 2.75) is 0 Å². The minimum Gasteiger partial charge on any atom is -0.147 e. The smallest absolute Gasteiger partial charge is 0 e. The second kappa shape index (κ2) is 31.1. The maximum absolute atomic E-state index is 0. The normalized spacial score (nSPS) is 0. The third kappa shape index (κ3) is 11.0. The van der Waals surface area contributed by atoms with Gasteiger partial charge in [0.15, 0.2) is 0 Å². The molecule has 4 heavy (non-hydrogen) atoms. The molecule has 0 bridgehead atoms. The number of hydrogen-bond donors (Lipinski definition) is 0. The van der Waals surface area contributed by atoms with Crippen LogP contribution in [0.5, 0.6) is 0 Å². The van der Waals surface area contributed by atoms with Gasteiger partial charge in [-0.1, -0.05) is 0 Å². The Morgan fingerprint density at radius 3 is 0.750 bits per heavy atom. The largest absolute Gasteiger partial charge is 0.147 e. The maximum Gasteiger partial charge on any atom is 0 e. The van der Waals surface area contributed by atoms with Crippen LogP contribution in [0, 0.1) is 0 Å². The molecular weight excluding hydrogens is 141 g/mol. The van der Waals surface area contributed by atoms with E-state index < -0.39 is 0 Å². The van der Waals surface area contributed by atoms with Crippen LogP contribution in [-0.2, 0) is 16.8 Å². The van der Waals surface area contributed by atoms with Crippen molar-refractivity contribution in [3.63, 3.8) is 0 Å². The topological polar surface area (TPSA) is 0 Å². The van der Waals surface area contributed by atoms with Gasteiger partial charge in [-0.3, -0.25) is 0 Å². The van der Waals surface area contributed by atoms with E-state index in [-0.39, 0.29) is 50.0 Å². The quantitative estimate of drug-likeness (QED) is 0.432. The molecule has 0 aromatic rings. The zero-order chi connectivity index (χ0) is 0. The Bertz CT molecular complexity index is 6.00. The fourth-order valence-electron chi connectivity index (χ4n) is 0. The van der Waals surface area contributed by atoms with Crippen LogP contribution in [0.2, 0.25) is 0 Å². The first kappa shape index (κ1) is 67.0. The first-order chi connectivity index (χ1) is 0. The molecule has 0 N–H and O–H groups in total. The summed E-state index contributed by atoms with van der Waals surface area (Å²) < 4.78 is 0. The first-order valence-corrected chi connectivity index (χ1v) is 0. The van der Waals surface area contributed by atoms with Gasteiger partial charge in [0.25, 0.3) is 0 Å². The zero-order valence-electron chi connectivity index (χ0n) is 1.73. The fourth-order valence-corrected chi connectivity index (χ4v) is 0. The Kier molecular flexibility index (Phi) is 521. The van der Waals surface area contributed by atoms with Gasteiger partial charge in [-0.05, 0) is 0 Å². The van der Waals surface area contributed by atoms with Gasteiger partial charge in [-0.25, -0.2) is 0 Å². The van der Waals surface area contributed by atoms with Crippen LogP contribution in [0.1, 0.15) is 0 Å². The molecule has 0 amide bonds. The Labute approximate surface area is 50.3 Å². The summed E-state index contributed by atoms with van der Waals surface area (Å²) in [6.45, 7) is 0. The maximum atomic E-state index is 0. The third-order valence-corrected chi connectivity index (χ3v) is 0. The van der Waals surface area contributed by atoms with Gasteiger partial charge < -0.3 is 0 Å². The van der Waals surface area contributed by atoms with E-state index in [9.17, 15) is 0 Å². The average molecular weight is 143 g/mol. The second-order valence-corrected chi connectivity index (χ2v) is 0. The Hall–Kier alpha value is 1.15. The summed E-state index contributed by atoms with van der Waals surface area (Å²) in [7, 11) is 0. The molecule has 0 spiro atoms. The van der Waals surface area contributed by atoms with Crippen molar-refractivity contribution >= 4 is 33.2 Å². The molecule has 0 nitrogen and oxygen atoms in total. The molecule has 0 heterocycles. The molecule has 4 heteroatoms. The van der Waals surface area contributed by atoms with Gasteiger partial charge >= 0.3 is 0 Å². The van der Waals surface area contributed by atoms with E-state index in [4.69, 9.17) is 0 Å². The standard InChI is InChI=1S/B.2ClH.Co/h;2*1H;. The van der Waals surface area contributed by atoms with Gasteiger partial charge in [0.2, 0.25) is 0 Å². The van der Waals surface area contributed by atoms with Crippen LogP contribution in [0.25, 0.3) is 0 Å². The molecule has 0 aliphatic carbocycles. The zero-order valence-corrected chi connectivity index (χ0v) is 4.40. The molecule has 4 radical (unpaired) electrons. The van der Waals surface area contributed by atoms with E-state index in [1.807, 2.05) is 0 Å². The van der Waals surface area contributed by atoms with Crippen molar-refractivity contribution in [2.75, 3.05) is 0 Å². The fraction of sp³-hybridized carbons (Fsp3) is 0. The van der Waals surface area contributed by atoms with Crippen LogP contribution < -0.4 is 0 Å². The van der Waals surface area contributed by atoms with E-state index in [0.717, 1.165) is 0 Å².